The van der Waals surface area contributed by atoms with Gasteiger partial charge in [0.1, 0.15) is 0 Å². The number of nitrogens with zero attached hydrogens (tertiary/aromatic N) is 2. The van der Waals surface area contributed by atoms with Crippen LogP contribution in [-0.4, -0.2) is 40.4 Å². The highest BCUT2D eigenvalue weighted by Gasteiger charge is 2.17. The smallest absolute Gasteiger partial charge is 0.303 e. The second kappa shape index (κ2) is 6.65. The molecule has 1 aromatic carbocycles. The molecule has 1 amide bonds. The van der Waals surface area contributed by atoms with Gasteiger partial charge in [-0.1, -0.05) is 6.07 Å². The summed E-state index contributed by atoms with van der Waals surface area (Å²) in [7, 11) is 1.54. The van der Waals surface area contributed by atoms with Crippen molar-refractivity contribution in [1.29, 1.82) is 0 Å². The lowest BCUT2D eigenvalue weighted by atomic mass is 10.1. The molecule has 1 N–H and O–H groups in total. The number of hydrogen-bond acceptors (Lipinski definition) is 4. The Hall–Kier alpha value is -2.44. The van der Waals surface area contributed by atoms with Gasteiger partial charge < -0.3 is 10.0 Å². The molecule has 1 rings (SSSR count). The molecule has 0 aliphatic rings. The molecule has 7 heteroatoms. The first-order valence-electron chi connectivity index (χ1n) is 6.05. The van der Waals surface area contributed by atoms with Crippen molar-refractivity contribution in [2.45, 2.75) is 19.8 Å². The summed E-state index contributed by atoms with van der Waals surface area (Å²) in [5.74, 6) is -1.28. The van der Waals surface area contributed by atoms with E-state index in [2.05, 4.69) is 0 Å². The van der Waals surface area contributed by atoms with E-state index < -0.39 is 10.9 Å². The number of aryl methyl sites for hydroxylation is 1. The van der Waals surface area contributed by atoms with Crippen LogP contribution in [0.2, 0.25) is 0 Å². The second-order valence-electron chi connectivity index (χ2n) is 4.48. The summed E-state index contributed by atoms with van der Waals surface area (Å²) in [6.07, 6.45) is 0.317. The molecular weight excluding hydrogens is 264 g/mol. The summed E-state index contributed by atoms with van der Waals surface area (Å²) in [4.78, 5) is 34.1. The fourth-order valence-electron chi connectivity index (χ4n) is 1.73. The minimum Gasteiger partial charge on any atom is -0.481 e. The topological polar surface area (TPSA) is 101 Å². The van der Waals surface area contributed by atoms with E-state index in [-0.39, 0.29) is 30.1 Å². The van der Waals surface area contributed by atoms with Crippen molar-refractivity contribution >= 4 is 17.6 Å². The number of nitro benzene ring substituents is 1. The average Bonchev–Trinajstić information content (AvgIpc) is 2.37. The molecule has 0 radical (unpaired) electrons. The van der Waals surface area contributed by atoms with Crippen molar-refractivity contribution in [2.24, 2.45) is 0 Å². The molecule has 0 saturated heterocycles. The van der Waals surface area contributed by atoms with Crippen LogP contribution in [-0.2, 0) is 4.79 Å². The first kappa shape index (κ1) is 15.6. The maximum atomic E-state index is 12.1. The van der Waals surface area contributed by atoms with Crippen LogP contribution in [0, 0.1) is 17.0 Å². The Labute approximate surface area is 116 Å². The molecule has 0 aliphatic carbocycles. The molecule has 1 aromatic rings. The lowest BCUT2D eigenvalue weighted by Crippen LogP contribution is -2.28. The maximum absolute atomic E-state index is 12.1. The van der Waals surface area contributed by atoms with Crippen LogP contribution in [0.3, 0.4) is 0 Å². The number of rotatable bonds is 6. The normalized spacial score (nSPS) is 10.1. The number of carboxylic acid groups (broad SMARTS) is 1. The van der Waals surface area contributed by atoms with E-state index in [9.17, 15) is 19.7 Å². The van der Waals surface area contributed by atoms with Crippen LogP contribution in [0.25, 0.3) is 0 Å². The zero-order valence-corrected chi connectivity index (χ0v) is 11.3. The van der Waals surface area contributed by atoms with E-state index in [4.69, 9.17) is 5.11 Å². The third-order valence-electron chi connectivity index (χ3n) is 2.88. The van der Waals surface area contributed by atoms with Crippen molar-refractivity contribution in [1.82, 2.24) is 4.90 Å². The summed E-state index contributed by atoms with van der Waals surface area (Å²) in [5, 5.41) is 19.4. The Balaban J connectivity index is 2.79. The zero-order chi connectivity index (χ0) is 15.3. The van der Waals surface area contributed by atoms with Gasteiger partial charge in [-0.15, -0.1) is 0 Å². The quantitative estimate of drug-likeness (QED) is 0.633. The minimum atomic E-state index is -0.920. The van der Waals surface area contributed by atoms with E-state index in [1.165, 1.54) is 30.1 Å². The molecule has 108 valence electrons. The van der Waals surface area contributed by atoms with E-state index in [1.807, 2.05) is 0 Å². The zero-order valence-electron chi connectivity index (χ0n) is 11.3. The fraction of sp³-hybridized carbons (Fsp3) is 0.385. The van der Waals surface area contributed by atoms with Crippen LogP contribution in [0.15, 0.2) is 18.2 Å². The first-order valence-corrected chi connectivity index (χ1v) is 6.05. The molecule has 0 fully saturated rings. The van der Waals surface area contributed by atoms with Gasteiger partial charge in [-0.25, -0.2) is 0 Å². The summed E-state index contributed by atoms with van der Waals surface area (Å²) >= 11 is 0. The van der Waals surface area contributed by atoms with E-state index >= 15 is 0 Å². The van der Waals surface area contributed by atoms with Gasteiger partial charge in [-0.3, -0.25) is 19.7 Å². The van der Waals surface area contributed by atoms with Crippen LogP contribution < -0.4 is 0 Å². The molecule has 0 atom stereocenters. The van der Waals surface area contributed by atoms with E-state index in [0.29, 0.717) is 12.0 Å². The van der Waals surface area contributed by atoms with E-state index in [1.54, 1.807) is 6.92 Å². The van der Waals surface area contributed by atoms with Crippen molar-refractivity contribution in [3.05, 3.63) is 39.4 Å². The Morgan fingerprint density at radius 1 is 1.40 bits per heavy atom. The monoisotopic (exact) mass is 280 g/mol. The van der Waals surface area contributed by atoms with Gasteiger partial charge in [-0.05, 0) is 19.4 Å². The molecule has 0 bridgehead atoms. The van der Waals surface area contributed by atoms with Gasteiger partial charge in [0.2, 0.25) is 0 Å². The minimum absolute atomic E-state index is 0.0222. The predicted molar refractivity (Wildman–Crippen MR) is 71.7 cm³/mol. The average molecular weight is 280 g/mol. The van der Waals surface area contributed by atoms with Crippen LogP contribution in [0.4, 0.5) is 5.69 Å². The summed E-state index contributed by atoms with van der Waals surface area (Å²) in [6.45, 7) is 1.88. The number of benzene rings is 1. The van der Waals surface area contributed by atoms with Crippen molar-refractivity contribution in [3.8, 4) is 0 Å². The molecule has 20 heavy (non-hydrogen) atoms. The highest BCUT2D eigenvalue weighted by atomic mass is 16.6. The van der Waals surface area contributed by atoms with Crippen LogP contribution in [0.5, 0.6) is 0 Å². The SMILES string of the molecule is Cc1ccc(C(=O)N(C)CCCC(=O)O)cc1[N+](=O)[O-]. The molecule has 7 nitrogen and oxygen atoms in total. The standard InChI is InChI=1S/C13H16N2O5/c1-9-5-6-10(8-11(9)15(19)20)13(18)14(2)7-3-4-12(16)17/h5-6,8H,3-4,7H2,1-2H3,(H,16,17). The number of aliphatic carboxylic acids is 1. The summed E-state index contributed by atoms with van der Waals surface area (Å²) < 4.78 is 0. The van der Waals surface area contributed by atoms with Gasteiger partial charge in [0.25, 0.3) is 11.6 Å². The predicted octanol–water partition coefficient (Wildman–Crippen LogP) is 1.84. The Bertz CT molecular complexity index is 542. The van der Waals surface area contributed by atoms with Gasteiger partial charge in [0.05, 0.1) is 4.92 Å². The van der Waals surface area contributed by atoms with Crippen molar-refractivity contribution in [2.75, 3.05) is 13.6 Å². The highest BCUT2D eigenvalue weighted by molar-refractivity contribution is 5.94. The van der Waals surface area contributed by atoms with Gasteiger partial charge in [-0.2, -0.15) is 0 Å². The molecule has 0 saturated carbocycles. The number of hydrogen-bond donors (Lipinski definition) is 1. The third-order valence-corrected chi connectivity index (χ3v) is 2.88. The Morgan fingerprint density at radius 2 is 2.05 bits per heavy atom. The largest absolute Gasteiger partial charge is 0.481 e. The number of carboxylic acids is 1. The second-order valence-corrected chi connectivity index (χ2v) is 4.48. The molecule has 0 spiro atoms. The molecule has 0 heterocycles. The highest BCUT2D eigenvalue weighted by Crippen LogP contribution is 2.20. The van der Waals surface area contributed by atoms with Crippen LogP contribution in [0.1, 0.15) is 28.8 Å². The van der Waals surface area contributed by atoms with Crippen LogP contribution >= 0.6 is 0 Å². The number of carbonyl (C=O) groups excluding carboxylic acids is 1. The van der Waals surface area contributed by atoms with Gasteiger partial charge in [0, 0.05) is 37.2 Å². The number of carbonyl (C=O) groups is 2. The number of amides is 1. The number of nitro groups is 1. The van der Waals surface area contributed by atoms with Crippen molar-refractivity contribution < 1.29 is 19.6 Å². The summed E-state index contributed by atoms with van der Waals surface area (Å²) in [5.41, 5.74) is 0.606. The van der Waals surface area contributed by atoms with E-state index in [0.717, 1.165) is 0 Å². The first-order chi connectivity index (χ1) is 9.32. The molecular formula is C13H16N2O5. The Morgan fingerprint density at radius 3 is 2.60 bits per heavy atom. The Kier molecular flexibility index (Phi) is 5.19. The summed E-state index contributed by atoms with van der Waals surface area (Å²) in [6, 6.07) is 4.29. The van der Waals surface area contributed by atoms with Crippen molar-refractivity contribution in [3.63, 3.8) is 0 Å². The maximum Gasteiger partial charge on any atom is 0.303 e. The lowest BCUT2D eigenvalue weighted by Gasteiger charge is -2.16. The molecule has 0 aromatic heterocycles. The molecule has 0 unspecified atom stereocenters. The molecule has 0 aliphatic heterocycles. The van der Waals surface area contributed by atoms with Gasteiger partial charge >= 0.3 is 5.97 Å². The third kappa shape index (κ3) is 4.04. The van der Waals surface area contributed by atoms with Gasteiger partial charge in [0.15, 0.2) is 0 Å². The lowest BCUT2D eigenvalue weighted by molar-refractivity contribution is -0.385. The fourth-order valence-corrected chi connectivity index (χ4v) is 1.73.